The number of likely N-dealkylation sites (N-methyl/N-ethyl adjacent to an activating group) is 1. The zero-order valence-corrected chi connectivity index (χ0v) is 8.05. The Morgan fingerprint density at radius 1 is 1.45 bits per heavy atom. The predicted octanol–water partition coefficient (Wildman–Crippen LogP) is 1.51. The maximum atomic E-state index is 5.66. The minimum absolute atomic E-state index is 0.0242. The molecular formula is C9H19NO. The lowest BCUT2D eigenvalue weighted by molar-refractivity contribution is -0.0536. The maximum Gasteiger partial charge on any atom is 0.0629 e. The number of hydrogen-bond acceptors (Lipinski definition) is 2. The molecular weight excluding hydrogens is 138 g/mol. The standard InChI is InChI=1S/C9H19NO/c1-9(2,3)11-7-8-5-6-10(8)4/h8H,5-7H2,1-4H3/t8-/m1/s1. The summed E-state index contributed by atoms with van der Waals surface area (Å²) in [7, 11) is 2.15. The molecule has 2 heteroatoms. The number of hydrogen-bond donors (Lipinski definition) is 0. The minimum atomic E-state index is 0.0242. The summed E-state index contributed by atoms with van der Waals surface area (Å²) in [6.45, 7) is 8.43. The Bertz CT molecular complexity index is 128. The third kappa shape index (κ3) is 2.80. The van der Waals surface area contributed by atoms with E-state index < -0.39 is 0 Å². The first kappa shape index (κ1) is 9.01. The Hall–Kier alpha value is -0.0800. The summed E-state index contributed by atoms with van der Waals surface area (Å²) < 4.78 is 5.66. The Kier molecular flexibility index (Phi) is 2.55. The van der Waals surface area contributed by atoms with Gasteiger partial charge in [-0.05, 0) is 40.8 Å². The molecule has 0 aromatic rings. The molecule has 1 rings (SSSR count). The molecule has 0 amide bonds. The molecule has 0 bridgehead atoms. The zero-order chi connectivity index (χ0) is 8.48. The lowest BCUT2D eigenvalue weighted by Crippen LogP contribution is -2.48. The monoisotopic (exact) mass is 157 g/mol. The van der Waals surface area contributed by atoms with Crippen molar-refractivity contribution in [2.45, 2.75) is 38.8 Å². The number of nitrogens with zero attached hydrogens (tertiary/aromatic N) is 1. The van der Waals surface area contributed by atoms with Crippen LogP contribution < -0.4 is 0 Å². The molecule has 1 aliphatic heterocycles. The van der Waals surface area contributed by atoms with Crippen LogP contribution in [0.5, 0.6) is 0 Å². The third-order valence-corrected chi connectivity index (χ3v) is 2.15. The van der Waals surface area contributed by atoms with Crippen LogP contribution in [0.1, 0.15) is 27.2 Å². The van der Waals surface area contributed by atoms with Crippen LogP contribution in [-0.2, 0) is 4.74 Å². The Morgan fingerprint density at radius 2 is 2.09 bits per heavy atom. The van der Waals surface area contributed by atoms with Crippen molar-refractivity contribution in [1.82, 2.24) is 4.90 Å². The van der Waals surface area contributed by atoms with Gasteiger partial charge in [0.05, 0.1) is 12.2 Å². The summed E-state index contributed by atoms with van der Waals surface area (Å²) in [5.74, 6) is 0. The van der Waals surface area contributed by atoms with E-state index >= 15 is 0 Å². The van der Waals surface area contributed by atoms with E-state index in [-0.39, 0.29) is 5.60 Å². The van der Waals surface area contributed by atoms with Gasteiger partial charge in [0.25, 0.3) is 0 Å². The number of likely N-dealkylation sites (tertiary alicyclic amines) is 1. The predicted molar refractivity (Wildman–Crippen MR) is 46.7 cm³/mol. The van der Waals surface area contributed by atoms with E-state index in [4.69, 9.17) is 4.74 Å². The van der Waals surface area contributed by atoms with Crippen LogP contribution in [0.2, 0.25) is 0 Å². The first-order chi connectivity index (χ1) is 4.99. The highest BCUT2D eigenvalue weighted by Crippen LogP contribution is 2.17. The normalized spacial score (nSPS) is 26.7. The average Bonchev–Trinajstić information content (AvgIpc) is 1.82. The second kappa shape index (κ2) is 3.11. The highest BCUT2D eigenvalue weighted by Gasteiger charge is 2.25. The van der Waals surface area contributed by atoms with Crippen molar-refractivity contribution in [3.8, 4) is 0 Å². The molecule has 1 fully saturated rings. The summed E-state index contributed by atoms with van der Waals surface area (Å²) in [5, 5.41) is 0. The van der Waals surface area contributed by atoms with Crippen molar-refractivity contribution < 1.29 is 4.74 Å². The van der Waals surface area contributed by atoms with E-state index in [2.05, 4.69) is 32.7 Å². The smallest absolute Gasteiger partial charge is 0.0629 e. The van der Waals surface area contributed by atoms with Crippen molar-refractivity contribution in [3.63, 3.8) is 0 Å². The van der Waals surface area contributed by atoms with Crippen molar-refractivity contribution in [2.24, 2.45) is 0 Å². The van der Waals surface area contributed by atoms with Crippen LogP contribution in [-0.4, -0.2) is 36.7 Å². The quantitative estimate of drug-likeness (QED) is 0.602. The summed E-state index contributed by atoms with van der Waals surface area (Å²) in [6.07, 6.45) is 1.30. The highest BCUT2D eigenvalue weighted by atomic mass is 16.5. The van der Waals surface area contributed by atoms with Gasteiger partial charge in [-0.1, -0.05) is 0 Å². The lowest BCUT2D eigenvalue weighted by Gasteiger charge is -2.39. The van der Waals surface area contributed by atoms with Gasteiger partial charge in [-0.15, -0.1) is 0 Å². The molecule has 0 aromatic heterocycles. The molecule has 1 heterocycles. The molecule has 66 valence electrons. The summed E-state index contributed by atoms with van der Waals surface area (Å²) >= 11 is 0. The van der Waals surface area contributed by atoms with Gasteiger partial charge < -0.3 is 9.64 Å². The first-order valence-corrected chi connectivity index (χ1v) is 4.33. The van der Waals surface area contributed by atoms with Gasteiger partial charge in [0.2, 0.25) is 0 Å². The summed E-state index contributed by atoms with van der Waals surface area (Å²) in [6, 6.07) is 0.675. The zero-order valence-electron chi connectivity index (χ0n) is 8.05. The van der Waals surface area contributed by atoms with Gasteiger partial charge in [0.1, 0.15) is 0 Å². The Labute approximate surface area is 69.5 Å². The van der Waals surface area contributed by atoms with Crippen molar-refractivity contribution in [2.75, 3.05) is 20.2 Å². The lowest BCUT2D eigenvalue weighted by atomic mass is 10.1. The van der Waals surface area contributed by atoms with Crippen LogP contribution in [0, 0.1) is 0 Å². The molecule has 0 N–H and O–H groups in total. The molecule has 1 saturated heterocycles. The van der Waals surface area contributed by atoms with Crippen LogP contribution >= 0.6 is 0 Å². The van der Waals surface area contributed by atoms with E-state index in [0.29, 0.717) is 6.04 Å². The van der Waals surface area contributed by atoms with E-state index in [1.165, 1.54) is 13.0 Å². The average molecular weight is 157 g/mol. The van der Waals surface area contributed by atoms with Crippen molar-refractivity contribution in [3.05, 3.63) is 0 Å². The second-order valence-electron chi connectivity index (χ2n) is 4.35. The van der Waals surface area contributed by atoms with Gasteiger partial charge in [-0.3, -0.25) is 0 Å². The maximum absolute atomic E-state index is 5.66. The Balaban J connectivity index is 2.12. The van der Waals surface area contributed by atoms with Crippen LogP contribution in [0.15, 0.2) is 0 Å². The molecule has 1 aliphatic rings. The molecule has 0 radical (unpaired) electrons. The van der Waals surface area contributed by atoms with Crippen molar-refractivity contribution in [1.29, 1.82) is 0 Å². The molecule has 0 spiro atoms. The van der Waals surface area contributed by atoms with Crippen LogP contribution in [0.4, 0.5) is 0 Å². The largest absolute Gasteiger partial charge is 0.374 e. The highest BCUT2D eigenvalue weighted by molar-refractivity contribution is 4.80. The fourth-order valence-corrected chi connectivity index (χ4v) is 1.13. The summed E-state index contributed by atoms with van der Waals surface area (Å²) in [5.41, 5.74) is 0.0242. The molecule has 11 heavy (non-hydrogen) atoms. The van der Waals surface area contributed by atoms with E-state index in [0.717, 1.165) is 6.61 Å². The van der Waals surface area contributed by atoms with E-state index in [1.54, 1.807) is 0 Å². The van der Waals surface area contributed by atoms with Gasteiger partial charge in [-0.25, -0.2) is 0 Å². The Morgan fingerprint density at radius 3 is 2.36 bits per heavy atom. The van der Waals surface area contributed by atoms with Gasteiger partial charge >= 0.3 is 0 Å². The SMILES string of the molecule is CN1CC[C@@H]1COC(C)(C)C. The van der Waals surface area contributed by atoms with Gasteiger partial charge in [-0.2, -0.15) is 0 Å². The fourth-order valence-electron chi connectivity index (χ4n) is 1.13. The molecule has 1 atom stereocenters. The van der Waals surface area contributed by atoms with Crippen LogP contribution in [0.3, 0.4) is 0 Å². The van der Waals surface area contributed by atoms with Crippen LogP contribution in [0.25, 0.3) is 0 Å². The third-order valence-electron chi connectivity index (χ3n) is 2.15. The minimum Gasteiger partial charge on any atom is -0.374 e. The van der Waals surface area contributed by atoms with Crippen molar-refractivity contribution >= 4 is 0 Å². The van der Waals surface area contributed by atoms with Gasteiger partial charge in [0.15, 0.2) is 0 Å². The molecule has 0 unspecified atom stereocenters. The molecule has 2 nitrogen and oxygen atoms in total. The number of rotatable bonds is 2. The molecule has 0 saturated carbocycles. The fraction of sp³-hybridized carbons (Fsp3) is 1.00. The molecule has 0 aromatic carbocycles. The number of ether oxygens (including phenoxy) is 1. The first-order valence-electron chi connectivity index (χ1n) is 4.33. The topological polar surface area (TPSA) is 12.5 Å². The summed E-state index contributed by atoms with van der Waals surface area (Å²) in [4.78, 5) is 2.34. The second-order valence-corrected chi connectivity index (χ2v) is 4.35. The van der Waals surface area contributed by atoms with E-state index in [1.807, 2.05) is 0 Å². The molecule has 0 aliphatic carbocycles. The van der Waals surface area contributed by atoms with E-state index in [9.17, 15) is 0 Å². The van der Waals surface area contributed by atoms with Gasteiger partial charge in [0, 0.05) is 6.04 Å².